The maximum Gasteiger partial charge on any atom is 0.0541 e. The van der Waals surface area contributed by atoms with Gasteiger partial charge in [-0.15, -0.1) is 0 Å². The normalized spacial score (nSPS) is 13.4. The highest BCUT2D eigenvalue weighted by molar-refractivity contribution is 6.27. The second-order valence-corrected chi connectivity index (χ2v) is 27.3. The van der Waals surface area contributed by atoms with E-state index in [1.807, 2.05) is 0 Å². The Morgan fingerprint density at radius 3 is 1.18 bits per heavy atom. The van der Waals surface area contributed by atoms with Crippen molar-refractivity contribution in [3.63, 3.8) is 0 Å². The summed E-state index contributed by atoms with van der Waals surface area (Å²) in [7, 11) is 0. The van der Waals surface area contributed by atoms with Crippen LogP contribution in [0.2, 0.25) is 0 Å². The summed E-state index contributed by atoms with van der Waals surface area (Å²) in [5, 5.41) is 10.2. The zero-order valence-corrected chi connectivity index (χ0v) is 46.8. The van der Waals surface area contributed by atoms with E-state index in [0.29, 0.717) is 0 Å². The molecule has 0 unspecified atom stereocenters. The van der Waals surface area contributed by atoms with Gasteiger partial charge in [-0.3, -0.25) is 0 Å². The van der Waals surface area contributed by atoms with E-state index in [9.17, 15) is 0 Å². The minimum absolute atomic E-state index is 0.0263. The monoisotopic (exact) mass is 947 g/mol. The lowest BCUT2D eigenvalue weighted by atomic mass is 9.80. The first-order valence-electron chi connectivity index (χ1n) is 26.5. The minimum atomic E-state index is -0.0971. The van der Waals surface area contributed by atoms with Crippen molar-refractivity contribution in [1.82, 2.24) is 4.57 Å². The van der Waals surface area contributed by atoms with Crippen LogP contribution >= 0.6 is 0 Å². The third-order valence-corrected chi connectivity index (χ3v) is 15.6. The summed E-state index contributed by atoms with van der Waals surface area (Å²) in [5.74, 6) is 0. The topological polar surface area (TPSA) is 8.17 Å². The van der Waals surface area contributed by atoms with Crippen LogP contribution in [0, 0.1) is 0 Å². The lowest BCUT2D eigenvalue weighted by Crippen LogP contribution is -2.20. The quantitative estimate of drug-likeness (QED) is 0.156. The highest BCUT2D eigenvalue weighted by atomic mass is 15.1. The molecule has 2 heteroatoms. The molecule has 0 spiro atoms. The van der Waals surface area contributed by atoms with Crippen molar-refractivity contribution in [1.29, 1.82) is 0 Å². The van der Waals surface area contributed by atoms with E-state index >= 15 is 0 Å². The van der Waals surface area contributed by atoms with Crippen molar-refractivity contribution >= 4 is 71.2 Å². The van der Waals surface area contributed by atoms with Crippen LogP contribution in [-0.2, 0) is 32.5 Å². The summed E-state index contributed by atoms with van der Waals surface area (Å²) in [6.45, 7) is 41.9. The lowest BCUT2D eigenvalue weighted by Gasteiger charge is -2.33. The summed E-state index contributed by atoms with van der Waals surface area (Å²) in [5.41, 5.74) is 17.6. The molecule has 2 nitrogen and oxygen atoms in total. The fourth-order valence-electron chi connectivity index (χ4n) is 10.9. The highest BCUT2D eigenvalue weighted by Gasteiger charge is 2.28. The number of hydrogen-bond donors (Lipinski definition) is 0. The van der Waals surface area contributed by atoms with Crippen molar-refractivity contribution in [3.8, 4) is 16.8 Å². The van der Waals surface area contributed by atoms with E-state index in [-0.39, 0.29) is 32.5 Å². The molecule has 0 N–H and O–H groups in total. The Balaban J connectivity index is 1.28. The Labute approximate surface area is 431 Å². The molecule has 0 atom stereocenters. The van der Waals surface area contributed by atoms with Crippen LogP contribution in [0.3, 0.4) is 0 Å². The van der Waals surface area contributed by atoms with Gasteiger partial charge >= 0.3 is 0 Å². The van der Waals surface area contributed by atoms with E-state index in [2.05, 4.69) is 280 Å². The average molecular weight is 947 g/mol. The molecule has 9 aromatic carbocycles. The van der Waals surface area contributed by atoms with Crippen molar-refractivity contribution in [3.05, 3.63) is 179 Å². The first kappa shape index (κ1) is 49.2. The van der Waals surface area contributed by atoms with Crippen LogP contribution in [-0.4, -0.2) is 4.57 Å². The van der Waals surface area contributed by atoms with E-state index in [1.165, 1.54) is 116 Å². The molecule has 10 aromatic rings. The summed E-state index contributed by atoms with van der Waals surface area (Å²) in [4.78, 5) is 2.59. The summed E-state index contributed by atoms with van der Waals surface area (Å²) in [6, 6.07) is 57.3. The van der Waals surface area contributed by atoms with Crippen LogP contribution in [0.1, 0.15) is 158 Å². The first-order chi connectivity index (χ1) is 33.5. The van der Waals surface area contributed by atoms with Gasteiger partial charge in [-0.1, -0.05) is 210 Å². The van der Waals surface area contributed by atoms with E-state index < -0.39 is 0 Å². The standard InChI is InChI=1S/C70H78N2/c1-65(2,3)47-25-19-43(20-26-47)46-35-50(68(10,11)12)38-53(36-46)71(54-39-51(69(13,14)15)37-52(40-54)70(16,17)18)59-31-23-44-22-30-56-60(32-24-45-21-29-55(59)63(44)64(45)56)72-61-33-27-48(66(4,5)6)41-57(61)58-42-49(67(7,8)9)28-34-62(58)72/h19-42H,1-18H3. The Morgan fingerprint density at radius 1 is 0.292 bits per heavy atom. The van der Waals surface area contributed by atoms with Crippen LogP contribution in [0.15, 0.2) is 146 Å². The Bertz CT molecular complexity index is 3610. The molecular weight excluding hydrogens is 869 g/mol. The van der Waals surface area contributed by atoms with Gasteiger partial charge in [0.15, 0.2) is 0 Å². The van der Waals surface area contributed by atoms with Gasteiger partial charge in [0, 0.05) is 32.9 Å². The molecule has 72 heavy (non-hydrogen) atoms. The number of hydrogen-bond acceptors (Lipinski definition) is 1. The first-order valence-corrected chi connectivity index (χ1v) is 26.5. The van der Waals surface area contributed by atoms with Gasteiger partial charge in [0.2, 0.25) is 0 Å². The molecule has 10 rings (SSSR count). The van der Waals surface area contributed by atoms with Crippen LogP contribution in [0.5, 0.6) is 0 Å². The number of fused-ring (bicyclic) bond motifs is 3. The zero-order chi connectivity index (χ0) is 51.8. The second kappa shape index (κ2) is 16.6. The third kappa shape index (κ3) is 8.67. The lowest BCUT2D eigenvalue weighted by molar-refractivity contribution is 0.568. The van der Waals surface area contributed by atoms with Crippen molar-refractivity contribution < 1.29 is 0 Å². The van der Waals surface area contributed by atoms with Crippen molar-refractivity contribution in [2.24, 2.45) is 0 Å². The fraction of sp³-hybridized carbons (Fsp3) is 0.343. The van der Waals surface area contributed by atoms with Gasteiger partial charge in [-0.05, 0) is 159 Å². The van der Waals surface area contributed by atoms with Gasteiger partial charge < -0.3 is 9.47 Å². The van der Waals surface area contributed by atoms with Crippen molar-refractivity contribution in [2.75, 3.05) is 4.90 Å². The molecule has 0 saturated carbocycles. The van der Waals surface area contributed by atoms with Gasteiger partial charge in [0.05, 0.1) is 22.4 Å². The van der Waals surface area contributed by atoms with E-state index in [0.717, 1.165) is 5.69 Å². The molecule has 0 aliphatic carbocycles. The summed E-state index contributed by atoms with van der Waals surface area (Å²) in [6.07, 6.45) is 0. The molecular formula is C70H78N2. The third-order valence-electron chi connectivity index (χ3n) is 15.6. The van der Waals surface area contributed by atoms with Crippen molar-refractivity contribution in [2.45, 2.75) is 157 Å². The maximum atomic E-state index is 2.59. The number of anilines is 3. The fourth-order valence-corrected chi connectivity index (χ4v) is 10.9. The van der Waals surface area contributed by atoms with Gasteiger partial charge in [0.1, 0.15) is 0 Å². The largest absolute Gasteiger partial charge is 0.310 e. The molecule has 0 radical (unpaired) electrons. The minimum Gasteiger partial charge on any atom is -0.310 e. The predicted molar refractivity (Wildman–Crippen MR) is 317 cm³/mol. The Morgan fingerprint density at radius 2 is 0.694 bits per heavy atom. The molecule has 0 bridgehead atoms. The summed E-state index contributed by atoms with van der Waals surface area (Å²) < 4.78 is 2.54. The van der Waals surface area contributed by atoms with Gasteiger partial charge in [-0.2, -0.15) is 0 Å². The molecule has 0 aliphatic heterocycles. The molecule has 0 amide bonds. The highest BCUT2D eigenvalue weighted by Crippen LogP contribution is 2.49. The van der Waals surface area contributed by atoms with Crippen LogP contribution < -0.4 is 4.90 Å². The second-order valence-electron chi connectivity index (χ2n) is 27.3. The zero-order valence-electron chi connectivity index (χ0n) is 46.8. The number of aromatic nitrogens is 1. The van der Waals surface area contributed by atoms with Gasteiger partial charge in [-0.25, -0.2) is 0 Å². The number of nitrogens with zero attached hydrogens (tertiary/aromatic N) is 2. The SMILES string of the molecule is CC(C)(C)c1ccc(-c2cc(N(c3cc(C(C)(C)C)cc(C(C)(C)C)c3)c3ccc4ccc5c(-n6c7ccc(C(C)(C)C)cc7c7cc(C(C)(C)C)ccc76)ccc6ccc3c4c65)cc(C(C)(C)C)c2)cc1. The molecule has 368 valence electrons. The summed E-state index contributed by atoms with van der Waals surface area (Å²) >= 11 is 0. The van der Waals surface area contributed by atoms with E-state index in [4.69, 9.17) is 0 Å². The predicted octanol–water partition coefficient (Wildman–Crippen LogP) is 20.6. The smallest absolute Gasteiger partial charge is 0.0541 e. The van der Waals surface area contributed by atoms with Crippen LogP contribution in [0.4, 0.5) is 17.1 Å². The molecule has 1 aromatic heterocycles. The molecule has 0 fully saturated rings. The van der Waals surface area contributed by atoms with Crippen LogP contribution in [0.25, 0.3) is 70.9 Å². The molecule has 1 heterocycles. The molecule has 0 aliphatic rings. The Hall–Kier alpha value is -6.38. The number of benzene rings is 9. The average Bonchev–Trinajstić information content (AvgIpc) is 3.62. The maximum absolute atomic E-state index is 2.59. The van der Waals surface area contributed by atoms with E-state index in [1.54, 1.807) is 0 Å². The Kier molecular flexibility index (Phi) is 11.3. The van der Waals surface area contributed by atoms with Gasteiger partial charge in [0.25, 0.3) is 0 Å². The molecule has 0 saturated heterocycles. The number of rotatable bonds is 5.